The van der Waals surface area contributed by atoms with Crippen molar-refractivity contribution >= 4 is 11.7 Å². The van der Waals surface area contributed by atoms with Crippen LogP contribution in [0.5, 0.6) is 0 Å². The van der Waals surface area contributed by atoms with E-state index < -0.39 is 0 Å². The van der Waals surface area contributed by atoms with Crippen LogP contribution >= 0.6 is 0 Å². The zero-order valence-corrected chi connectivity index (χ0v) is 10.6. The van der Waals surface area contributed by atoms with Crippen LogP contribution in [0.25, 0.3) is 0 Å². The van der Waals surface area contributed by atoms with E-state index in [4.69, 9.17) is 5.73 Å². The number of aromatic nitrogens is 1. The Morgan fingerprint density at radius 2 is 1.89 bits per heavy atom. The molecule has 0 saturated heterocycles. The van der Waals surface area contributed by atoms with Gasteiger partial charge in [0.05, 0.1) is 5.92 Å². The number of pyridine rings is 1. The number of nitrogens with one attached hydrogen (secondary N) is 1. The van der Waals surface area contributed by atoms with Crippen molar-refractivity contribution in [2.24, 2.45) is 5.73 Å². The Morgan fingerprint density at radius 1 is 1.16 bits per heavy atom. The van der Waals surface area contributed by atoms with E-state index in [1.165, 1.54) is 0 Å². The van der Waals surface area contributed by atoms with Gasteiger partial charge in [0.15, 0.2) is 0 Å². The van der Waals surface area contributed by atoms with Gasteiger partial charge in [-0.05, 0) is 30.7 Å². The minimum absolute atomic E-state index is 0.0737. The molecule has 1 unspecified atom stereocenters. The van der Waals surface area contributed by atoms with Gasteiger partial charge in [0.2, 0.25) is 5.91 Å². The van der Waals surface area contributed by atoms with Gasteiger partial charge in [0.25, 0.3) is 0 Å². The summed E-state index contributed by atoms with van der Waals surface area (Å²) in [5, 5.41) is 2.82. The molecule has 2 rings (SSSR count). The minimum atomic E-state index is -0.242. The van der Waals surface area contributed by atoms with Crippen LogP contribution in [0.2, 0.25) is 0 Å². The minimum Gasteiger partial charge on any atom is -0.330 e. The molecule has 98 valence electrons. The third-order valence-electron chi connectivity index (χ3n) is 2.89. The lowest BCUT2D eigenvalue weighted by Crippen LogP contribution is -2.23. The molecule has 4 heteroatoms. The average molecular weight is 255 g/mol. The normalized spacial score (nSPS) is 11.8. The van der Waals surface area contributed by atoms with Crippen molar-refractivity contribution in [2.45, 2.75) is 12.3 Å². The molecular formula is C15H17N3O. The van der Waals surface area contributed by atoms with Gasteiger partial charge in [-0.25, -0.2) is 4.98 Å². The van der Waals surface area contributed by atoms with Gasteiger partial charge >= 0.3 is 0 Å². The number of nitrogens with two attached hydrogens (primary N) is 1. The number of amides is 1. The maximum absolute atomic E-state index is 12.3. The Kier molecular flexibility index (Phi) is 4.64. The first-order valence-corrected chi connectivity index (χ1v) is 6.28. The molecule has 0 fully saturated rings. The summed E-state index contributed by atoms with van der Waals surface area (Å²) in [6.45, 7) is 0.467. The van der Waals surface area contributed by atoms with E-state index in [0.717, 1.165) is 5.56 Å². The fourth-order valence-corrected chi connectivity index (χ4v) is 1.95. The fourth-order valence-electron chi connectivity index (χ4n) is 1.95. The van der Waals surface area contributed by atoms with Crippen LogP contribution in [-0.2, 0) is 4.79 Å². The number of carbonyl (C=O) groups is 1. The van der Waals surface area contributed by atoms with Crippen molar-refractivity contribution in [3.8, 4) is 0 Å². The van der Waals surface area contributed by atoms with Crippen LogP contribution in [-0.4, -0.2) is 17.4 Å². The lowest BCUT2D eigenvalue weighted by Gasteiger charge is -2.16. The molecule has 0 aliphatic heterocycles. The third kappa shape index (κ3) is 3.63. The van der Waals surface area contributed by atoms with Crippen molar-refractivity contribution in [3.63, 3.8) is 0 Å². The molecule has 0 spiro atoms. The van der Waals surface area contributed by atoms with Crippen LogP contribution in [0, 0.1) is 0 Å². The number of hydrogen-bond acceptors (Lipinski definition) is 3. The lowest BCUT2D eigenvalue weighted by molar-refractivity contribution is -0.117. The molecule has 1 amide bonds. The van der Waals surface area contributed by atoms with Crippen molar-refractivity contribution < 1.29 is 4.79 Å². The van der Waals surface area contributed by atoms with E-state index in [0.29, 0.717) is 18.8 Å². The highest BCUT2D eigenvalue weighted by Gasteiger charge is 2.19. The number of hydrogen-bond donors (Lipinski definition) is 2. The molecule has 1 aromatic carbocycles. The second-order valence-electron chi connectivity index (χ2n) is 4.24. The average Bonchev–Trinajstić information content (AvgIpc) is 2.46. The van der Waals surface area contributed by atoms with Gasteiger partial charge in [-0.15, -0.1) is 0 Å². The smallest absolute Gasteiger partial charge is 0.233 e. The predicted octanol–water partition coefficient (Wildman–Crippen LogP) is 2.15. The Bertz CT molecular complexity index is 513. The summed E-state index contributed by atoms with van der Waals surface area (Å²) in [6, 6.07) is 15.1. The number of benzene rings is 1. The molecule has 19 heavy (non-hydrogen) atoms. The van der Waals surface area contributed by atoms with E-state index in [1.54, 1.807) is 12.3 Å². The summed E-state index contributed by atoms with van der Waals surface area (Å²) in [7, 11) is 0. The van der Waals surface area contributed by atoms with Crippen molar-refractivity contribution in [1.82, 2.24) is 4.98 Å². The molecular weight excluding hydrogens is 238 g/mol. The first-order chi connectivity index (χ1) is 9.31. The van der Waals surface area contributed by atoms with E-state index in [-0.39, 0.29) is 11.8 Å². The molecule has 4 nitrogen and oxygen atoms in total. The highest BCUT2D eigenvalue weighted by atomic mass is 16.1. The number of rotatable bonds is 5. The molecule has 0 saturated carbocycles. The lowest BCUT2D eigenvalue weighted by atomic mass is 9.95. The molecule has 0 aliphatic rings. The summed E-state index contributed by atoms with van der Waals surface area (Å²) < 4.78 is 0. The topological polar surface area (TPSA) is 68.0 Å². The largest absolute Gasteiger partial charge is 0.330 e. The summed E-state index contributed by atoms with van der Waals surface area (Å²) in [5.74, 6) is 0.244. The maximum atomic E-state index is 12.3. The summed E-state index contributed by atoms with van der Waals surface area (Å²) in [5.41, 5.74) is 6.58. The maximum Gasteiger partial charge on any atom is 0.233 e. The highest BCUT2D eigenvalue weighted by Crippen LogP contribution is 2.20. The van der Waals surface area contributed by atoms with Crippen LogP contribution in [0.4, 0.5) is 5.82 Å². The SMILES string of the molecule is NCCC(C(=O)Nc1ccccn1)c1ccccc1. The Morgan fingerprint density at radius 3 is 2.53 bits per heavy atom. The Hall–Kier alpha value is -2.20. The summed E-state index contributed by atoms with van der Waals surface area (Å²) in [6.07, 6.45) is 2.26. The number of nitrogens with zero attached hydrogens (tertiary/aromatic N) is 1. The van der Waals surface area contributed by atoms with E-state index in [9.17, 15) is 4.79 Å². The van der Waals surface area contributed by atoms with Gasteiger partial charge in [-0.3, -0.25) is 4.79 Å². The zero-order chi connectivity index (χ0) is 13.5. The molecule has 1 aromatic heterocycles. The highest BCUT2D eigenvalue weighted by molar-refractivity contribution is 5.95. The van der Waals surface area contributed by atoms with Gasteiger partial charge in [-0.2, -0.15) is 0 Å². The first-order valence-electron chi connectivity index (χ1n) is 6.28. The van der Waals surface area contributed by atoms with E-state index in [2.05, 4.69) is 10.3 Å². The van der Waals surface area contributed by atoms with E-state index >= 15 is 0 Å². The summed E-state index contributed by atoms with van der Waals surface area (Å²) >= 11 is 0. The van der Waals surface area contributed by atoms with Gasteiger partial charge in [-0.1, -0.05) is 36.4 Å². The summed E-state index contributed by atoms with van der Waals surface area (Å²) in [4.78, 5) is 16.4. The molecule has 1 atom stereocenters. The van der Waals surface area contributed by atoms with E-state index in [1.807, 2.05) is 42.5 Å². The second kappa shape index (κ2) is 6.66. The van der Waals surface area contributed by atoms with Gasteiger partial charge in [0, 0.05) is 6.20 Å². The van der Waals surface area contributed by atoms with Crippen LogP contribution in [0.1, 0.15) is 17.9 Å². The number of anilines is 1. The monoisotopic (exact) mass is 255 g/mol. The van der Waals surface area contributed by atoms with Crippen molar-refractivity contribution in [3.05, 3.63) is 60.3 Å². The second-order valence-corrected chi connectivity index (χ2v) is 4.24. The molecule has 0 bridgehead atoms. The Balaban J connectivity index is 2.13. The standard InChI is InChI=1S/C15H17N3O/c16-10-9-13(12-6-2-1-3-7-12)15(19)18-14-8-4-5-11-17-14/h1-8,11,13H,9-10,16H2,(H,17,18,19). The zero-order valence-electron chi connectivity index (χ0n) is 10.6. The quantitative estimate of drug-likeness (QED) is 0.860. The van der Waals surface area contributed by atoms with Crippen molar-refractivity contribution in [1.29, 1.82) is 0 Å². The molecule has 0 aliphatic carbocycles. The van der Waals surface area contributed by atoms with Crippen molar-refractivity contribution in [2.75, 3.05) is 11.9 Å². The van der Waals surface area contributed by atoms with Crippen LogP contribution in [0.15, 0.2) is 54.7 Å². The molecule has 3 N–H and O–H groups in total. The Labute approximate surface area is 112 Å². The fraction of sp³-hybridized carbons (Fsp3) is 0.200. The predicted molar refractivity (Wildman–Crippen MR) is 75.7 cm³/mol. The number of carbonyl (C=O) groups excluding carboxylic acids is 1. The van der Waals surface area contributed by atoms with Gasteiger partial charge < -0.3 is 11.1 Å². The van der Waals surface area contributed by atoms with Gasteiger partial charge in [0.1, 0.15) is 5.82 Å². The molecule has 1 heterocycles. The third-order valence-corrected chi connectivity index (χ3v) is 2.89. The first kappa shape index (κ1) is 13.2. The molecule has 2 aromatic rings. The van der Waals surface area contributed by atoms with Crippen LogP contribution in [0.3, 0.4) is 0 Å². The molecule has 0 radical (unpaired) electrons. The van der Waals surface area contributed by atoms with Crippen LogP contribution < -0.4 is 11.1 Å².